The predicted octanol–water partition coefficient (Wildman–Crippen LogP) is 1.60. The molecule has 0 radical (unpaired) electrons. The molecule has 1 fully saturated rings. The van der Waals surface area contributed by atoms with Crippen molar-refractivity contribution in [3.05, 3.63) is 35.5 Å². The van der Waals surface area contributed by atoms with E-state index in [1.807, 2.05) is 6.92 Å². The summed E-state index contributed by atoms with van der Waals surface area (Å²) in [5, 5.41) is 3.92. The highest BCUT2D eigenvalue weighted by Crippen LogP contribution is 2.22. The molecule has 3 rings (SSSR count). The van der Waals surface area contributed by atoms with E-state index in [9.17, 15) is 4.39 Å². The molecular formula is C16H21FN4O2. The van der Waals surface area contributed by atoms with Gasteiger partial charge in [0.15, 0.2) is 0 Å². The van der Waals surface area contributed by atoms with Gasteiger partial charge in [0.2, 0.25) is 11.7 Å². The first-order valence-electron chi connectivity index (χ1n) is 7.79. The van der Waals surface area contributed by atoms with Gasteiger partial charge in [-0.25, -0.2) is 4.39 Å². The first kappa shape index (κ1) is 16.0. The van der Waals surface area contributed by atoms with Crippen LogP contribution in [0.4, 0.5) is 4.39 Å². The third-order valence-corrected chi connectivity index (χ3v) is 3.76. The van der Waals surface area contributed by atoms with Gasteiger partial charge >= 0.3 is 0 Å². The lowest BCUT2D eigenvalue weighted by molar-refractivity contribution is 0.0297. The van der Waals surface area contributed by atoms with Crippen molar-refractivity contribution in [2.45, 2.75) is 25.9 Å². The Morgan fingerprint density at radius 3 is 2.87 bits per heavy atom. The molecule has 1 atom stereocenters. The van der Waals surface area contributed by atoms with Crippen molar-refractivity contribution in [3.8, 4) is 11.4 Å². The number of aromatic nitrogens is 2. The molecule has 1 aromatic heterocycles. The number of nitrogens with zero attached hydrogens (tertiary/aromatic N) is 3. The van der Waals surface area contributed by atoms with E-state index in [0.717, 1.165) is 18.7 Å². The maximum atomic E-state index is 14.1. The summed E-state index contributed by atoms with van der Waals surface area (Å²) in [5.41, 5.74) is 7.10. The van der Waals surface area contributed by atoms with E-state index < -0.39 is 0 Å². The van der Waals surface area contributed by atoms with E-state index in [2.05, 4.69) is 15.0 Å². The molecule has 0 spiro atoms. The van der Waals surface area contributed by atoms with Gasteiger partial charge in [-0.1, -0.05) is 11.2 Å². The van der Waals surface area contributed by atoms with Crippen LogP contribution in [-0.4, -0.2) is 47.4 Å². The van der Waals surface area contributed by atoms with Gasteiger partial charge in [0.1, 0.15) is 5.82 Å². The summed E-state index contributed by atoms with van der Waals surface area (Å²) < 4.78 is 24.6. The summed E-state index contributed by atoms with van der Waals surface area (Å²) in [4.78, 5) is 6.49. The molecule has 2 heterocycles. The van der Waals surface area contributed by atoms with Gasteiger partial charge in [0.25, 0.3) is 0 Å². The highest BCUT2D eigenvalue weighted by atomic mass is 19.1. The predicted molar refractivity (Wildman–Crippen MR) is 83.1 cm³/mol. The fourth-order valence-corrected chi connectivity index (χ4v) is 2.62. The summed E-state index contributed by atoms with van der Waals surface area (Å²) >= 11 is 0. The van der Waals surface area contributed by atoms with Crippen LogP contribution in [0, 0.1) is 5.82 Å². The number of halogens is 1. The first-order valence-corrected chi connectivity index (χ1v) is 7.79. The normalized spacial score (nSPS) is 17.3. The minimum Gasteiger partial charge on any atom is -0.379 e. The maximum Gasteiger partial charge on any atom is 0.241 e. The smallest absolute Gasteiger partial charge is 0.241 e. The van der Waals surface area contributed by atoms with Gasteiger partial charge in [-0.05, 0) is 31.0 Å². The first-order chi connectivity index (χ1) is 11.1. The monoisotopic (exact) mass is 320 g/mol. The zero-order valence-electron chi connectivity index (χ0n) is 13.2. The van der Waals surface area contributed by atoms with Crippen LogP contribution in [0.5, 0.6) is 0 Å². The van der Waals surface area contributed by atoms with Crippen molar-refractivity contribution < 1.29 is 13.7 Å². The number of hydrogen-bond donors (Lipinski definition) is 1. The van der Waals surface area contributed by atoms with E-state index in [4.69, 9.17) is 15.0 Å². The van der Waals surface area contributed by atoms with Gasteiger partial charge in [0, 0.05) is 19.1 Å². The van der Waals surface area contributed by atoms with Crippen LogP contribution in [0.3, 0.4) is 0 Å². The Labute approximate surface area is 134 Å². The second kappa shape index (κ2) is 7.16. The Balaban J connectivity index is 1.76. The number of morpholine rings is 1. The highest BCUT2D eigenvalue weighted by Gasteiger charge is 2.17. The standard InChI is InChI=1S/C16H21FN4O2/c1-11(18)8-12-2-3-14(17)13(9-12)16-19-15(23-20-16)10-21-4-6-22-7-5-21/h2-3,9,11H,4-8,10,18H2,1H3. The van der Waals surface area contributed by atoms with Crippen molar-refractivity contribution >= 4 is 0 Å². The van der Waals surface area contributed by atoms with Gasteiger partial charge < -0.3 is 15.0 Å². The average molecular weight is 320 g/mol. The third kappa shape index (κ3) is 4.13. The highest BCUT2D eigenvalue weighted by molar-refractivity contribution is 5.56. The van der Waals surface area contributed by atoms with Crippen molar-refractivity contribution in [3.63, 3.8) is 0 Å². The lowest BCUT2D eigenvalue weighted by Gasteiger charge is -2.24. The molecule has 0 aliphatic carbocycles. The van der Waals surface area contributed by atoms with Gasteiger partial charge in [0.05, 0.1) is 25.3 Å². The molecule has 6 nitrogen and oxygen atoms in total. The molecular weight excluding hydrogens is 299 g/mol. The topological polar surface area (TPSA) is 77.4 Å². The van der Waals surface area contributed by atoms with Crippen molar-refractivity contribution in [2.75, 3.05) is 26.3 Å². The lowest BCUT2D eigenvalue weighted by Crippen LogP contribution is -2.35. The van der Waals surface area contributed by atoms with Gasteiger partial charge in [-0.15, -0.1) is 0 Å². The fraction of sp³-hybridized carbons (Fsp3) is 0.500. The van der Waals surface area contributed by atoms with E-state index >= 15 is 0 Å². The molecule has 0 bridgehead atoms. The molecule has 124 valence electrons. The zero-order valence-corrected chi connectivity index (χ0v) is 13.2. The lowest BCUT2D eigenvalue weighted by atomic mass is 10.0. The summed E-state index contributed by atoms with van der Waals surface area (Å²) in [6, 6.07) is 4.90. The van der Waals surface area contributed by atoms with E-state index in [1.165, 1.54) is 6.07 Å². The molecule has 1 unspecified atom stereocenters. The summed E-state index contributed by atoms with van der Waals surface area (Å²) in [5.74, 6) is 0.397. The Hall–Kier alpha value is -1.83. The number of nitrogens with two attached hydrogens (primary N) is 1. The molecule has 23 heavy (non-hydrogen) atoms. The van der Waals surface area contributed by atoms with Crippen LogP contribution in [0.15, 0.2) is 22.7 Å². The minimum absolute atomic E-state index is 0.00969. The third-order valence-electron chi connectivity index (χ3n) is 3.76. The van der Waals surface area contributed by atoms with Crippen LogP contribution < -0.4 is 5.73 Å². The van der Waals surface area contributed by atoms with Gasteiger partial charge in [-0.3, -0.25) is 4.90 Å². The Morgan fingerprint density at radius 1 is 1.35 bits per heavy atom. The molecule has 7 heteroatoms. The molecule has 0 amide bonds. The van der Waals surface area contributed by atoms with Crippen LogP contribution in [0.2, 0.25) is 0 Å². The average Bonchev–Trinajstić information content (AvgIpc) is 2.98. The van der Waals surface area contributed by atoms with Crippen molar-refractivity contribution in [2.24, 2.45) is 5.73 Å². The summed E-state index contributed by atoms with van der Waals surface area (Å²) in [6.45, 7) is 5.53. The Morgan fingerprint density at radius 2 is 2.13 bits per heavy atom. The van der Waals surface area contributed by atoms with Crippen molar-refractivity contribution in [1.82, 2.24) is 15.0 Å². The molecule has 2 aromatic rings. The molecule has 0 saturated carbocycles. The molecule has 1 saturated heterocycles. The van der Waals surface area contributed by atoms with Crippen molar-refractivity contribution in [1.29, 1.82) is 0 Å². The number of hydrogen-bond acceptors (Lipinski definition) is 6. The summed E-state index contributed by atoms with van der Waals surface area (Å²) in [6.07, 6.45) is 0.672. The van der Waals surface area contributed by atoms with Crippen LogP contribution >= 0.6 is 0 Å². The van der Waals surface area contributed by atoms with Crippen LogP contribution in [0.1, 0.15) is 18.4 Å². The zero-order chi connectivity index (χ0) is 16.2. The quantitative estimate of drug-likeness (QED) is 0.901. The largest absolute Gasteiger partial charge is 0.379 e. The fourth-order valence-electron chi connectivity index (χ4n) is 2.62. The molecule has 1 aliphatic rings. The number of ether oxygens (including phenoxy) is 1. The number of rotatable bonds is 5. The SMILES string of the molecule is CC(N)Cc1ccc(F)c(-c2noc(CN3CCOCC3)n2)c1. The van der Waals surface area contributed by atoms with Crippen LogP contribution in [0.25, 0.3) is 11.4 Å². The van der Waals surface area contributed by atoms with Gasteiger partial charge in [-0.2, -0.15) is 4.98 Å². The second-order valence-corrected chi connectivity index (χ2v) is 5.90. The molecule has 1 aromatic carbocycles. The van der Waals surface area contributed by atoms with E-state index in [1.54, 1.807) is 12.1 Å². The molecule has 2 N–H and O–H groups in total. The second-order valence-electron chi connectivity index (χ2n) is 5.90. The molecule has 1 aliphatic heterocycles. The van der Waals surface area contributed by atoms with Crippen LogP contribution in [-0.2, 0) is 17.7 Å². The Kier molecular flexibility index (Phi) is 5.00. The Bertz CT molecular complexity index is 653. The van der Waals surface area contributed by atoms with E-state index in [0.29, 0.717) is 37.6 Å². The summed E-state index contributed by atoms with van der Waals surface area (Å²) in [7, 11) is 0. The minimum atomic E-state index is -0.364. The van der Waals surface area contributed by atoms with E-state index in [-0.39, 0.29) is 17.7 Å². The number of benzene rings is 1. The maximum absolute atomic E-state index is 14.1.